The summed E-state index contributed by atoms with van der Waals surface area (Å²) in [6.45, 7) is 0. The van der Waals surface area contributed by atoms with Gasteiger partial charge in [-0.1, -0.05) is 6.07 Å². The van der Waals surface area contributed by atoms with Crippen LogP contribution in [0.2, 0.25) is 0 Å². The summed E-state index contributed by atoms with van der Waals surface area (Å²) in [7, 11) is 1.92. The van der Waals surface area contributed by atoms with Gasteiger partial charge in [0.15, 0.2) is 0 Å². The summed E-state index contributed by atoms with van der Waals surface area (Å²) in [6, 6.07) is 4.26. The van der Waals surface area contributed by atoms with Gasteiger partial charge in [0.2, 0.25) is 0 Å². The Bertz CT molecular complexity index is 304. The highest BCUT2D eigenvalue weighted by Gasteiger charge is 2.24. The van der Waals surface area contributed by atoms with Crippen LogP contribution >= 0.6 is 23.1 Å². The summed E-state index contributed by atoms with van der Waals surface area (Å²) in [5, 5.41) is 1.95. The van der Waals surface area contributed by atoms with Crippen molar-refractivity contribution in [2.75, 3.05) is 18.6 Å². The van der Waals surface area contributed by atoms with E-state index in [9.17, 15) is 4.79 Å². The van der Waals surface area contributed by atoms with Gasteiger partial charge in [0, 0.05) is 18.8 Å². The quantitative estimate of drug-likeness (QED) is 0.773. The molecule has 0 radical (unpaired) electrons. The van der Waals surface area contributed by atoms with Gasteiger partial charge in [-0.15, -0.1) is 11.3 Å². The number of rotatable bonds is 2. The van der Waals surface area contributed by atoms with Crippen LogP contribution in [0.15, 0.2) is 17.5 Å². The normalized spacial score (nSPS) is 21.1. The molecular weight excluding hydrogens is 214 g/mol. The Morgan fingerprint density at radius 1 is 1.64 bits per heavy atom. The predicted octanol–water partition coefficient (Wildman–Crippen LogP) is 2.33. The van der Waals surface area contributed by atoms with E-state index in [0.29, 0.717) is 6.04 Å². The van der Waals surface area contributed by atoms with E-state index in [1.54, 1.807) is 0 Å². The van der Waals surface area contributed by atoms with Crippen LogP contribution in [0.25, 0.3) is 0 Å². The van der Waals surface area contributed by atoms with Crippen LogP contribution in [-0.2, 0) is 0 Å². The molecule has 14 heavy (non-hydrogen) atoms. The molecule has 1 unspecified atom stereocenters. The topological polar surface area (TPSA) is 20.3 Å². The van der Waals surface area contributed by atoms with E-state index in [0.717, 1.165) is 17.1 Å². The first kappa shape index (κ1) is 10.1. The van der Waals surface area contributed by atoms with E-state index in [4.69, 9.17) is 0 Å². The molecule has 4 heteroatoms. The lowest BCUT2D eigenvalue weighted by Crippen LogP contribution is -2.36. The molecule has 0 aliphatic carbocycles. The Hall–Kier alpha value is -0.480. The first-order valence-corrected chi connectivity index (χ1v) is 6.71. The van der Waals surface area contributed by atoms with Crippen molar-refractivity contribution >= 4 is 29.0 Å². The molecule has 1 saturated heterocycles. The van der Waals surface area contributed by atoms with Gasteiger partial charge in [-0.3, -0.25) is 4.79 Å². The van der Waals surface area contributed by atoms with Crippen molar-refractivity contribution in [1.29, 1.82) is 0 Å². The fourth-order valence-corrected chi connectivity index (χ4v) is 3.54. The van der Waals surface area contributed by atoms with Gasteiger partial charge < -0.3 is 4.90 Å². The minimum absolute atomic E-state index is 0.174. The summed E-state index contributed by atoms with van der Waals surface area (Å²) in [6.07, 6.45) is 1.14. The van der Waals surface area contributed by atoms with E-state index < -0.39 is 0 Å². The second-order valence-electron chi connectivity index (χ2n) is 3.41. The number of nitrogens with zero attached hydrogens (tertiary/aromatic N) is 1. The van der Waals surface area contributed by atoms with Crippen LogP contribution in [-0.4, -0.2) is 35.4 Å². The minimum atomic E-state index is 0.174. The molecule has 0 aromatic carbocycles. The summed E-state index contributed by atoms with van der Waals surface area (Å²) < 4.78 is 0. The first-order chi connectivity index (χ1) is 6.79. The predicted molar refractivity (Wildman–Crippen MR) is 62.1 cm³/mol. The van der Waals surface area contributed by atoms with Crippen LogP contribution in [0.1, 0.15) is 16.1 Å². The van der Waals surface area contributed by atoms with Crippen LogP contribution in [0.3, 0.4) is 0 Å². The second kappa shape index (κ2) is 4.36. The van der Waals surface area contributed by atoms with Gasteiger partial charge in [0.05, 0.1) is 4.88 Å². The lowest BCUT2D eigenvalue weighted by atomic mass is 10.2. The van der Waals surface area contributed by atoms with E-state index >= 15 is 0 Å². The second-order valence-corrected chi connectivity index (χ2v) is 5.51. The zero-order valence-electron chi connectivity index (χ0n) is 8.10. The van der Waals surface area contributed by atoms with Crippen molar-refractivity contribution < 1.29 is 4.79 Å². The Labute approximate surface area is 92.3 Å². The molecule has 0 spiro atoms. The van der Waals surface area contributed by atoms with Crippen LogP contribution in [0, 0.1) is 0 Å². The highest BCUT2D eigenvalue weighted by molar-refractivity contribution is 7.99. The van der Waals surface area contributed by atoms with Crippen molar-refractivity contribution in [2.24, 2.45) is 0 Å². The molecule has 2 nitrogen and oxygen atoms in total. The molecule has 1 fully saturated rings. The van der Waals surface area contributed by atoms with Crippen molar-refractivity contribution in [1.82, 2.24) is 4.90 Å². The summed E-state index contributed by atoms with van der Waals surface area (Å²) in [4.78, 5) is 14.7. The van der Waals surface area contributed by atoms with Gasteiger partial charge in [0.1, 0.15) is 0 Å². The number of thiophene rings is 1. The van der Waals surface area contributed by atoms with Gasteiger partial charge in [0.25, 0.3) is 5.91 Å². The number of carbonyl (C=O) groups excluding carboxylic acids is 1. The molecule has 0 bridgehead atoms. The maximum absolute atomic E-state index is 11.9. The number of hydrogen-bond acceptors (Lipinski definition) is 3. The lowest BCUT2D eigenvalue weighted by Gasteiger charge is -2.22. The van der Waals surface area contributed by atoms with Crippen molar-refractivity contribution in [2.45, 2.75) is 12.5 Å². The van der Waals surface area contributed by atoms with Crippen molar-refractivity contribution in [3.63, 3.8) is 0 Å². The summed E-state index contributed by atoms with van der Waals surface area (Å²) >= 11 is 3.45. The van der Waals surface area contributed by atoms with Gasteiger partial charge in [-0.05, 0) is 23.6 Å². The zero-order chi connectivity index (χ0) is 9.97. The maximum atomic E-state index is 11.9. The molecule has 2 heterocycles. The zero-order valence-corrected chi connectivity index (χ0v) is 9.74. The van der Waals surface area contributed by atoms with Crippen LogP contribution < -0.4 is 0 Å². The first-order valence-electron chi connectivity index (χ1n) is 4.67. The van der Waals surface area contributed by atoms with E-state index in [-0.39, 0.29) is 5.91 Å². The average molecular weight is 227 g/mol. The summed E-state index contributed by atoms with van der Waals surface area (Å²) in [5.41, 5.74) is 0. The Balaban J connectivity index is 2.04. The smallest absolute Gasteiger partial charge is 0.263 e. The third kappa shape index (κ3) is 1.96. The minimum Gasteiger partial charge on any atom is -0.337 e. The lowest BCUT2D eigenvalue weighted by molar-refractivity contribution is 0.0753. The SMILES string of the molecule is CN(C(=O)c1cccs1)C1CCSC1. The fraction of sp³-hybridized carbons (Fsp3) is 0.500. The molecule has 76 valence electrons. The molecule has 0 N–H and O–H groups in total. The van der Waals surface area contributed by atoms with Crippen molar-refractivity contribution in [3.8, 4) is 0 Å². The van der Waals surface area contributed by atoms with Crippen LogP contribution in [0.5, 0.6) is 0 Å². The van der Waals surface area contributed by atoms with Gasteiger partial charge >= 0.3 is 0 Å². The molecule has 2 rings (SSSR count). The largest absolute Gasteiger partial charge is 0.337 e. The summed E-state index contributed by atoms with van der Waals surface area (Å²) in [5.74, 6) is 2.45. The van der Waals surface area contributed by atoms with Gasteiger partial charge in [-0.25, -0.2) is 0 Å². The molecule has 1 amide bonds. The Morgan fingerprint density at radius 2 is 2.50 bits per heavy atom. The van der Waals surface area contributed by atoms with Crippen molar-refractivity contribution in [3.05, 3.63) is 22.4 Å². The number of hydrogen-bond donors (Lipinski definition) is 0. The maximum Gasteiger partial charge on any atom is 0.263 e. The molecule has 1 aromatic heterocycles. The molecule has 1 aliphatic rings. The molecule has 1 aromatic rings. The molecular formula is C10H13NOS2. The third-order valence-electron chi connectivity index (χ3n) is 2.51. The van der Waals surface area contributed by atoms with E-state index in [1.165, 1.54) is 17.1 Å². The third-order valence-corrected chi connectivity index (χ3v) is 4.51. The molecule has 1 aliphatic heterocycles. The Kier molecular flexibility index (Phi) is 3.13. The number of carbonyl (C=O) groups is 1. The highest BCUT2D eigenvalue weighted by atomic mass is 32.2. The fourth-order valence-electron chi connectivity index (χ4n) is 1.57. The standard InChI is InChI=1S/C10H13NOS2/c1-11(8-4-6-13-7-8)10(12)9-3-2-5-14-9/h2-3,5,8H,4,6-7H2,1H3. The van der Waals surface area contributed by atoms with Gasteiger partial charge in [-0.2, -0.15) is 11.8 Å². The monoisotopic (exact) mass is 227 g/mol. The highest BCUT2D eigenvalue weighted by Crippen LogP contribution is 2.23. The van der Waals surface area contributed by atoms with E-state index in [2.05, 4.69) is 0 Å². The van der Waals surface area contributed by atoms with Crippen LogP contribution in [0.4, 0.5) is 0 Å². The molecule has 1 atom stereocenters. The number of amides is 1. The Morgan fingerprint density at radius 3 is 3.07 bits per heavy atom. The number of thioether (sulfide) groups is 1. The van der Waals surface area contributed by atoms with E-state index in [1.807, 2.05) is 41.2 Å². The average Bonchev–Trinajstić information content (AvgIpc) is 2.87. The molecule has 0 saturated carbocycles.